The van der Waals surface area contributed by atoms with Crippen LogP contribution < -0.4 is 15.5 Å². The fourth-order valence-corrected chi connectivity index (χ4v) is 3.23. The van der Waals surface area contributed by atoms with Crippen molar-refractivity contribution in [3.8, 4) is 0 Å². The highest BCUT2D eigenvalue weighted by atomic mass is 16.1. The van der Waals surface area contributed by atoms with E-state index >= 15 is 0 Å². The number of piperidine rings is 2. The maximum atomic E-state index is 12.2. The van der Waals surface area contributed by atoms with Gasteiger partial charge >= 0.3 is 0 Å². The van der Waals surface area contributed by atoms with Crippen molar-refractivity contribution < 1.29 is 4.79 Å². The standard InChI is InChI=1S/C17H25N3O/c21-17(14-5-4-10-18-13-14)19-15-6-8-16(9-7-15)20-11-2-1-3-12-20/h6-9,14,18H,1-5,10-13H2,(H,19,21)/t14-/m1/s1. The highest BCUT2D eigenvalue weighted by molar-refractivity contribution is 5.92. The van der Waals surface area contributed by atoms with Gasteiger partial charge in [0, 0.05) is 31.0 Å². The van der Waals surface area contributed by atoms with Crippen LogP contribution in [0.15, 0.2) is 24.3 Å². The van der Waals surface area contributed by atoms with Gasteiger partial charge in [-0.1, -0.05) is 0 Å². The van der Waals surface area contributed by atoms with Crippen molar-refractivity contribution in [2.24, 2.45) is 5.92 Å². The molecule has 0 bridgehead atoms. The summed E-state index contributed by atoms with van der Waals surface area (Å²) < 4.78 is 0. The highest BCUT2D eigenvalue weighted by Gasteiger charge is 2.20. The molecule has 1 aromatic carbocycles. The number of carbonyl (C=O) groups is 1. The van der Waals surface area contributed by atoms with Crippen molar-refractivity contribution in [3.05, 3.63) is 24.3 Å². The van der Waals surface area contributed by atoms with Crippen LogP contribution >= 0.6 is 0 Å². The number of nitrogens with one attached hydrogen (secondary N) is 2. The zero-order valence-corrected chi connectivity index (χ0v) is 12.6. The van der Waals surface area contributed by atoms with E-state index in [1.54, 1.807) is 0 Å². The summed E-state index contributed by atoms with van der Waals surface area (Å²) in [5, 5.41) is 6.33. The van der Waals surface area contributed by atoms with E-state index in [9.17, 15) is 4.79 Å². The largest absolute Gasteiger partial charge is 0.372 e. The third-order valence-electron chi connectivity index (χ3n) is 4.52. The summed E-state index contributed by atoms with van der Waals surface area (Å²) in [6, 6.07) is 8.30. The lowest BCUT2D eigenvalue weighted by atomic mass is 9.99. The van der Waals surface area contributed by atoms with Gasteiger partial charge in [0.1, 0.15) is 0 Å². The molecule has 4 nitrogen and oxygen atoms in total. The van der Waals surface area contributed by atoms with Crippen molar-refractivity contribution in [1.82, 2.24) is 5.32 Å². The number of nitrogens with zero attached hydrogens (tertiary/aromatic N) is 1. The first-order valence-corrected chi connectivity index (χ1v) is 8.19. The van der Waals surface area contributed by atoms with E-state index in [0.717, 1.165) is 44.7 Å². The van der Waals surface area contributed by atoms with Crippen molar-refractivity contribution >= 4 is 17.3 Å². The van der Waals surface area contributed by atoms with Gasteiger partial charge in [0.05, 0.1) is 5.92 Å². The second-order valence-corrected chi connectivity index (χ2v) is 6.13. The molecule has 3 rings (SSSR count). The van der Waals surface area contributed by atoms with Crippen LogP contribution in [0.25, 0.3) is 0 Å². The first-order valence-electron chi connectivity index (χ1n) is 8.19. The molecule has 1 amide bonds. The Labute approximate surface area is 126 Å². The summed E-state index contributed by atoms with van der Waals surface area (Å²) in [6.07, 6.45) is 6.00. The lowest BCUT2D eigenvalue weighted by Gasteiger charge is -2.29. The van der Waals surface area contributed by atoms with E-state index in [-0.39, 0.29) is 11.8 Å². The molecule has 4 heteroatoms. The van der Waals surface area contributed by atoms with Crippen molar-refractivity contribution in [1.29, 1.82) is 0 Å². The summed E-state index contributed by atoms with van der Waals surface area (Å²) in [5.74, 6) is 0.258. The minimum Gasteiger partial charge on any atom is -0.372 e. The van der Waals surface area contributed by atoms with Crippen LogP contribution in [0.2, 0.25) is 0 Å². The summed E-state index contributed by atoms with van der Waals surface area (Å²) in [6.45, 7) is 4.14. The van der Waals surface area contributed by atoms with E-state index in [2.05, 4.69) is 27.7 Å². The Morgan fingerprint density at radius 1 is 1.10 bits per heavy atom. The van der Waals surface area contributed by atoms with E-state index < -0.39 is 0 Å². The molecule has 2 saturated heterocycles. The third-order valence-corrected chi connectivity index (χ3v) is 4.52. The second-order valence-electron chi connectivity index (χ2n) is 6.13. The minimum atomic E-state index is 0.112. The fraction of sp³-hybridized carbons (Fsp3) is 0.588. The van der Waals surface area contributed by atoms with Gasteiger partial charge in [-0.15, -0.1) is 0 Å². The van der Waals surface area contributed by atoms with E-state index in [1.165, 1.54) is 24.9 Å². The third kappa shape index (κ3) is 3.76. The van der Waals surface area contributed by atoms with Gasteiger partial charge < -0.3 is 15.5 Å². The molecular weight excluding hydrogens is 262 g/mol. The first-order chi connectivity index (χ1) is 10.3. The number of hydrogen-bond donors (Lipinski definition) is 2. The summed E-state index contributed by atoms with van der Waals surface area (Å²) in [4.78, 5) is 14.6. The van der Waals surface area contributed by atoms with Gasteiger partial charge in [0.2, 0.25) is 5.91 Å². The number of benzene rings is 1. The molecule has 1 atom stereocenters. The van der Waals surface area contributed by atoms with Crippen molar-refractivity contribution in [3.63, 3.8) is 0 Å². The van der Waals surface area contributed by atoms with Crippen LogP contribution in [-0.2, 0) is 4.79 Å². The molecule has 1 aromatic rings. The van der Waals surface area contributed by atoms with Crippen molar-refractivity contribution in [2.75, 3.05) is 36.4 Å². The molecule has 0 saturated carbocycles. The van der Waals surface area contributed by atoms with E-state index in [4.69, 9.17) is 0 Å². The molecule has 2 heterocycles. The average Bonchev–Trinajstić information content (AvgIpc) is 2.57. The van der Waals surface area contributed by atoms with Crippen LogP contribution in [0.4, 0.5) is 11.4 Å². The van der Waals surface area contributed by atoms with Gasteiger partial charge in [0.25, 0.3) is 0 Å². The molecule has 0 aromatic heterocycles. The molecule has 0 radical (unpaired) electrons. The Bertz CT molecular complexity index is 459. The zero-order chi connectivity index (χ0) is 14.5. The molecule has 0 spiro atoms. The maximum Gasteiger partial charge on any atom is 0.228 e. The maximum absolute atomic E-state index is 12.2. The normalized spacial score (nSPS) is 22.9. The summed E-state index contributed by atoms with van der Waals surface area (Å²) in [7, 11) is 0. The Morgan fingerprint density at radius 2 is 1.86 bits per heavy atom. The summed E-state index contributed by atoms with van der Waals surface area (Å²) in [5.41, 5.74) is 2.18. The predicted octanol–water partition coefficient (Wildman–Crippen LogP) is 2.62. The number of rotatable bonds is 3. The number of carbonyl (C=O) groups excluding carboxylic acids is 1. The molecule has 2 aliphatic heterocycles. The molecule has 2 N–H and O–H groups in total. The van der Waals surface area contributed by atoms with Crippen LogP contribution in [0.1, 0.15) is 32.1 Å². The van der Waals surface area contributed by atoms with Crippen molar-refractivity contribution in [2.45, 2.75) is 32.1 Å². The van der Waals surface area contributed by atoms with Crippen LogP contribution in [0.3, 0.4) is 0 Å². The SMILES string of the molecule is O=C(Nc1ccc(N2CCCCC2)cc1)[C@@H]1CCCNC1. The monoisotopic (exact) mass is 287 g/mol. The lowest BCUT2D eigenvalue weighted by molar-refractivity contribution is -0.120. The van der Waals surface area contributed by atoms with Gasteiger partial charge in [-0.05, 0) is 62.9 Å². The smallest absolute Gasteiger partial charge is 0.228 e. The first kappa shape index (κ1) is 14.4. The highest BCUT2D eigenvalue weighted by Crippen LogP contribution is 2.22. The Morgan fingerprint density at radius 3 is 2.52 bits per heavy atom. The predicted molar refractivity (Wildman–Crippen MR) is 86.7 cm³/mol. The topological polar surface area (TPSA) is 44.4 Å². The van der Waals surface area contributed by atoms with Crippen LogP contribution in [-0.4, -0.2) is 32.1 Å². The minimum absolute atomic E-state index is 0.112. The Hall–Kier alpha value is -1.55. The van der Waals surface area contributed by atoms with Gasteiger partial charge in [0.15, 0.2) is 0 Å². The fourth-order valence-electron chi connectivity index (χ4n) is 3.23. The van der Waals surface area contributed by atoms with E-state index in [1.807, 2.05) is 12.1 Å². The number of anilines is 2. The van der Waals surface area contributed by atoms with Gasteiger partial charge in [-0.2, -0.15) is 0 Å². The molecule has 21 heavy (non-hydrogen) atoms. The van der Waals surface area contributed by atoms with Gasteiger partial charge in [-0.3, -0.25) is 4.79 Å². The number of hydrogen-bond acceptors (Lipinski definition) is 3. The second kappa shape index (κ2) is 6.94. The summed E-state index contributed by atoms with van der Waals surface area (Å²) >= 11 is 0. The molecule has 2 fully saturated rings. The molecule has 0 unspecified atom stereocenters. The molecule has 114 valence electrons. The average molecular weight is 287 g/mol. The zero-order valence-electron chi connectivity index (χ0n) is 12.6. The lowest BCUT2D eigenvalue weighted by Crippen LogP contribution is -2.37. The molecule has 0 aliphatic carbocycles. The Kier molecular flexibility index (Phi) is 4.76. The molecular formula is C17H25N3O. The van der Waals surface area contributed by atoms with E-state index in [0.29, 0.717) is 0 Å². The van der Waals surface area contributed by atoms with Crippen LogP contribution in [0, 0.1) is 5.92 Å². The van der Waals surface area contributed by atoms with Gasteiger partial charge in [-0.25, -0.2) is 0 Å². The van der Waals surface area contributed by atoms with Crippen LogP contribution in [0.5, 0.6) is 0 Å². The quantitative estimate of drug-likeness (QED) is 0.898. The number of amides is 1. The Balaban J connectivity index is 1.57. The molecule has 2 aliphatic rings.